The zero-order valence-electron chi connectivity index (χ0n) is 25.3. The van der Waals surface area contributed by atoms with Crippen molar-refractivity contribution >= 4 is 39.7 Å². The molecule has 0 radical (unpaired) electrons. The van der Waals surface area contributed by atoms with E-state index in [-0.39, 0.29) is 11.0 Å². The molecule has 208 valence electrons. The highest BCUT2D eigenvalue weighted by atomic mass is 28.5. The van der Waals surface area contributed by atoms with Gasteiger partial charge in [0.25, 0.3) is 0 Å². The number of aliphatic hydroxyl groups is 1. The van der Waals surface area contributed by atoms with Crippen LogP contribution in [-0.4, -0.2) is 82.6 Å². The summed E-state index contributed by atoms with van der Waals surface area (Å²) >= 11 is 0. The molecular formula is C23H59NO6Si4. The van der Waals surface area contributed by atoms with E-state index in [2.05, 4.69) is 65.8 Å². The van der Waals surface area contributed by atoms with Gasteiger partial charge in [0.1, 0.15) is 19.2 Å². The first kappa shape index (κ1) is 38.7. The quantitative estimate of drug-likeness (QED) is 0.242. The molecule has 0 saturated heterocycles. The summed E-state index contributed by atoms with van der Waals surface area (Å²) in [7, 11) is -3.86. The Labute approximate surface area is 216 Å². The fourth-order valence-corrected chi connectivity index (χ4v) is 21.8. The van der Waals surface area contributed by atoms with Crippen molar-refractivity contribution in [2.24, 2.45) is 0 Å². The molecule has 0 spiro atoms. The highest BCUT2D eigenvalue weighted by Crippen LogP contribution is 2.28. The standard InChI is InChI=1S/C13H36O3Si4.C8H17NO3.C2H6/c1-11-12-13-20(10,15-18(5,6)7)16-19(8,9)14-17(2,3)4;1-4-7(10)5-9(2,3)6-8(11)12;1-2/h11-13H2,1-10H3;7,10H,4-6H2,1-3H3;1-2H3. The van der Waals surface area contributed by atoms with Crippen LogP contribution in [0.25, 0.3) is 0 Å². The Kier molecular flexibility index (Phi) is 19.1. The molecule has 2 atom stereocenters. The lowest BCUT2D eigenvalue weighted by Gasteiger charge is -2.41. The van der Waals surface area contributed by atoms with E-state index in [4.69, 9.17) is 12.3 Å². The van der Waals surface area contributed by atoms with Crippen LogP contribution in [0.15, 0.2) is 0 Å². The predicted molar refractivity (Wildman–Crippen MR) is 153 cm³/mol. The van der Waals surface area contributed by atoms with Crippen LogP contribution >= 0.6 is 0 Å². The molecule has 34 heavy (non-hydrogen) atoms. The van der Waals surface area contributed by atoms with Crippen molar-refractivity contribution in [3.8, 4) is 0 Å². The van der Waals surface area contributed by atoms with Crippen molar-refractivity contribution in [2.75, 3.05) is 27.2 Å². The Bertz CT molecular complexity index is 551. The molecule has 0 aliphatic carbocycles. The fraction of sp³-hybridized carbons (Fsp3) is 0.957. The van der Waals surface area contributed by atoms with E-state index < -0.39 is 45.8 Å². The van der Waals surface area contributed by atoms with Crippen molar-refractivity contribution in [3.05, 3.63) is 0 Å². The average Bonchev–Trinajstić information content (AvgIpc) is 2.56. The van der Waals surface area contributed by atoms with Crippen LogP contribution in [0, 0.1) is 0 Å². The molecule has 2 unspecified atom stereocenters. The van der Waals surface area contributed by atoms with Gasteiger partial charge >= 0.3 is 17.1 Å². The maximum Gasteiger partial charge on any atom is 0.315 e. The number of aliphatic carboxylic acids is 1. The minimum atomic E-state index is -2.12. The number of carbonyl (C=O) groups is 1. The zero-order chi connectivity index (χ0) is 28.0. The number of carboxylic acids is 1. The molecule has 0 heterocycles. The Morgan fingerprint density at radius 3 is 1.65 bits per heavy atom. The number of nitrogens with zero attached hydrogens (tertiary/aromatic N) is 1. The maximum atomic E-state index is 10.3. The third-order valence-corrected chi connectivity index (χ3v) is 17.8. The SMILES string of the molecule is CC.CCC(O)C[N+](C)(C)CC(=O)[O-].CCCC[Si](C)(O[Si](C)(C)C)O[Si](C)(C)O[Si](C)(C)C. The monoisotopic (exact) mass is 557 g/mol. The minimum absolute atomic E-state index is 0.0585. The molecule has 0 rings (SSSR count). The molecular weight excluding hydrogens is 499 g/mol. The molecule has 11 heteroatoms. The van der Waals surface area contributed by atoms with Gasteiger partial charge in [0.2, 0.25) is 0 Å². The van der Waals surface area contributed by atoms with Gasteiger partial charge in [-0.05, 0) is 71.4 Å². The smallest absolute Gasteiger partial charge is 0.315 e. The van der Waals surface area contributed by atoms with Crippen molar-refractivity contribution in [1.29, 1.82) is 0 Å². The second kappa shape index (κ2) is 16.8. The number of hydrogen-bond donors (Lipinski definition) is 1. The van der Waals surface area contributed by atoms with E-state index in [9.17, 15) is 15.0 Å². The van der Waals surface area contributed by atoms with Gasteiger partial charge in [0, 0.05) is 0 Å². The van der Waals surface area contributed by atoms with Gasteiger partial charge in [0.15, 0.2) is 16.6 Å². The minimum Gasteiger partial charge on any atom is -0.544 e. The van der Waals surface area contributed by atoms with Crippen LogP contribution in [-0.2, 0) is 17.1 Å². The second-order valence-corrected chi connectivity index (χ2v) is 28.3. The van der Waals surface area contributed by atoms with Crippen molar-refractivity contribution in [3.63, 3.8) is 0 Å². The fourth-order valence-electron chi connectivity index (χ4n) is 3.66. The molecule has 0 aromatic heterocycles. The third-order valence-electron chi connectivity index (χ3n) is 4.25. The largest absolute Gasteiger partial charge is 0.544 e. The predicted octanol–water partition coefficient (Wildman–Crippen LogP) is 4.89. The second-order valence-electron chi connectivity index (χ2n) is 11.9. The van der Waals surface area contributed by atoms with Crippen molar-refractivity contribution in [2.45, 2.75) is 118 Å². The van der Waals surface area contributed by atoms with E-state index >= 15 is 0 Å². The number of unbranched alkanes of at least 4 members (excludes halogenated alkanes) is 1. The van der Waals surface area contributed by atoms with E-state index in [0.29, 0.717) is 13.0 Å². The summed E-state index contributed by atoms with van der Waals surface area (Å²) in [5.41, 5.74) is 0. The first-order valence-electron chi connectivity index (χ1n) is 12.9. The van der Waals surface area contributed by atoms with Gasteiger partial charge in [0.05, 0.1) is 20.1 Å². The Morgan fingerprint density at radius 1 is 0.882 bits per heavy atom. The topological polar surface area (TPSA) is 88.1 Å². The average molecular weight is 558 g/mol. The Morgan fingerprint density at radius 2 is 1.32 bits per heavy atom. The molecule has 0 saturated carbocycles. The molecule has 7 nitrogen and oxygen atoms in total. The van der Waals surface area contributed by atoms with Crippen LogP contribution in [0.5, 0.6) is 0 Å². The van der Waals surface area contributed by atoms with E-state index in [1.807, 2.05) is 20.8 Å². The van der Waals surface area contributed by atoms with Crippen LogP contribution in [0.4, 0.5) is 0 Å². The first-order valence-corrected chi connectivity index (χ1v) is 25.0. The number of quaternary nitrogens is 1. The summed E-state index contributed by atoms with van der Waals surface area (Å²) in [4.78, 5) is 10.3. The molecule has 0 aliphatic rings. The zero-order valence-corrected chi connectivity index (χ0v) is 29.3. The number of likely N-dealkylation sites (N-methyl/N-ethyl adjacent to an activating group) is 1. The molecule has 0 aliphatic heterocycles. The van der Waals surface area contributed by atoms with E-state index in [1.165, 1.54) is 12.8 Å². The van der Waals surface area contributed by atoms with Gasteiger partial charge in [-0.3, -0.25) is 0 Å². The number of aliphatic hydroxyl groups excluding tert-OH is 1. The molecule has 1 N–H and O–H groups in total. The lowest BCUT2D eigenvalue weighted by atomic mass is 10.2. The maximum absolute atomic E-state index is 10.3. The summed E-state index contributed by atoms with van der Waals surface area (Å²) < 4.78 is 19.7. The molecule has 0 aromatic rings. The van der Waals surface area contributed by atoms with Crippen LogP contribution in [0.2, 0.25) is 65.0 Å². The van der Waals surface area contributed by atoms with Crippen LogP contribution in [0.3, 0.4) is 0 Å². The highest BCUT2D eigenvalue weighted by Gasteiger charge is 2.43. The van der Waals surface area contributed by atoms with Crippen molar-refractivity contribution < 1.29 is 31.8 Å². The summed E-state index contributed by atoms with van der Waals surface area (Å²) in [5.74, 6) is -1.08. The van der Waals surface area contributed by atoms with Gasteiger partial charge in [-0.25, -0.2) is 0 Å². The molecule has 0 aromatic carbocycles. The van der Waals surface area contributed by atoms with Crippen LogP contribution in [0.1, 0.15) is 47.0 Å². The molecule has 0 amide bonds. The van der Waals surface area contributed by atoms with Gasteiger partial charge < -0.3 is 31.8 Å². The number of hydrogen-bond acceptors (Lipinski definition) is 6. The molecule has 0 bridgehead atoms. The number of carboxylic acid groups (broad SMARTS) is 1. The summed E-state index contributed by atoms with van der Waals surface area (Å²) in [5, 5.41) is 19.6. The Hall–Kier alpha value is 0.138. The first-order chi connectivity index (χ1) is 15.1. The number of carbonyl (C=O) groups excluding carboxylic acids is 1. The Balaban J connectivity index is -0.000000585. The lowest BCUT2D eigenvalue weighted by molar-refractivity contribution is -0.887. The number of rotatable bonds is 14. The molecule has 0 fully saturated rings. The van der Waals surface area contributed by atoms with E-state index in [0.717, 1.165) is 6.04 Å². The van der Waals surface area contributed by atoms with Gasteiger partial charge in [-0.2, -0.15) is 0 Å². The van der Waals surface area contributed by atoms with Crippen molar-refractivity contribution in [1.82, 2.24) is 0 Å². The normalized spacial score (nSPS) is 15.3. The summed E-state index contributed by atoms with van der Waals surface area (Å²) in [6.07, 6.45) is 2.59. The van der Waals surface area contributed by atoms with E-state index in [1.54, 1.807) is 14.1 Å². The highest BCUT2D eigenvalue weighted by molar-refractivity contribution is 6.89. The summed E-state index contributed by atoms with van der Waals surface area (Å²) in [6, 6.07) is 1.08. The summed E-state index contributed by atoms with van der Waals surface area (Å²) in [6.45, 7) is 28.5. The van der Waals surface area contributed by atoms with Gasteiger partial charge in [-0.1, -0.05) is 40.5 Å². The van der Waals surface area contributed by atoms with Crippen LogP contribution < -0.4 is 5.11 Å². The third kappa shape index (κ3) is 25.2. The lowest BCUT2D eigenvalue weighted by Crippen LogP contribution is -2.56. The van der Waals surface area contributed by atoms with Gasteiger partial charge in [-0.15, -0.1) is 0 Å².